The molecule has 0 N–H and O–H groups in total. The monoisotopic (exact) mass is 311 g/mol. The van der Waals surface area contributed by atoms with Crippen LogP contribution in [0.3, 0.4) is 0 Å². The minimum atomic E-state index is -0.997. The van der Waals surface area contributed by atoms with Gasteiger partial charge in [0.1, 0.15) is 11.9 Å². The van der Waals surface area contributed by atoms with Crippen LogP contribution in [0.1, 0.15) is 19.4 Å². The Morgan fingerprint density at radius 2 is 1.95 bits per heavy atom. The number of hydrogen-bond donors (Lipinski definition) is 0. The molecule has 0 heterocycles. The molecule has 114 valence electrons. The average Bonchev–Trinajstić information content (AvgIpc) is 2.41. The van der Waals surface area contributed by atoms with Crippen molar-refractivity contribution in [3.63, 3.8) is 0 Å². The van der Waals surface area contributed by atoms with E-state index in [1.165, 1.54) is 6.92 Å². The molecule has 0 aliphatic carbocycles. The molecule has 0 spiro atoms. The molecule has 0 amide bonds. The first-order chi connectivity index (χ1) is 9.77. The van der Waals surface area contributed by atoms with Crippen LogP contribution in [0.25, 0.3) is 0 Å². The third-order valence-corrected chi connectivity index (χ3v) is 3.03. The number of rotatable bonds is 5. The first-order valence-electron chi connectivity index (χ1n) is 6.21. The molecule has 5 nitrogen and oxygen atoms in total. The summed E-state index contributed by atoms with van der Waals surface area (Å²) in [5, 5.41) is 12.7. The summed E-state index contributed by atoms with van der Waals surface area (Å²) in [5.74, 6) is -1.89. The second-order valence-corrected chi connectivity index (χ2v) is 4.89. The van der Waals surface area contributed by atoms with E-state index < -0.39 is 29.2 Å². The third kappa shape index (κ3) is 4.23. The van der Waals surface area contributed by atoms with Crippen LogP contribution in [0.15, 0.2) is 29.5 Å². The molecule has 1 aromatic rings. The maximum Gasteiger partial charge on any atom is 0.340 e. The molecule has 0 saturated heterocycles. The highest BCUT2D eigenvalue weighted by atomic mass is 35.5. The lowest BCUT2D eigenvalue weighted by molar-refractivity contribution is -0.318. The summed E-state index contributed by atoms with van der Waals surface area (Å²) in [6.07, 6.45) is -0.997. The van der Waals surface area contributed by atoms with Crippen LogP contribution in [0.2, 0.25) is 5.02 Å². The zero-order chi connectivity index (χ0) is 16.2. The van der Waals surface area contributed by atoms with Crippen LogP contribution >= 0.6 is 11.6 Å². The summed E-state index contributed by atoms with van der Waals surface area (Å²) < 4.78 is 9.94. The number of carbonyl (C=O) groups excluding carboxylic acids is 2. The van der Waals surface area contributed by atoms with Crippen LogP contribution in [-0.4, -0.2) is 25.0 Å². The fourth-order valence-electron chi connectivity index (χ4n) is 1.71. The van der Waals surface area contributed by atoms with Crippen LogP contribution in [0, 0.1) is 6.92 Å². The van der Waals surface area contributed by atoms with Crippen molar-refractivity contribution in [1.29, 1.82) is 0 Å². The van der Waals surface area contributed by atoms with Crippen molar-refractivity contribution in [2.24, 2.45) is 0 Å². The normalized spacial score (nSPS) is 13.2. The van der Waals surface area contributed by atoms with E-state index in [0.29, 0.717) is 10.8 Å². The van der Waals surface area contributed by atoms with Crippen molar-refractivity contribution < 1.29 is 24.2 Å². The van der Waals surface area contributed by atoms with Crippen molar-refractivity contribution in [3.8, 4) is 5.75 Å². The Morgan fingerprint density at radius 3 is 2.43 bits per heavy atom. The molecule has 0 radical (unpaired) electrons. The Balaban J connectivity index is 3.08. The number of halogens is 1. The smallest absolute Gasteiger partial charge is 0.340 e. The molecule has 0 aromatic heterocycles. The number of carbonyl (C=O) groups is 2. The minimum absolute atomic E-state index is 0.452. The van der Waals surface area contributed by atoms with Gasteiger partial charge in [0, 0.05) is 5.02 Å². The van der Waals surface area contributed by atoms with E-state index in [4.69, 9.17) is 16.3 Å². The van der Waals surface area contributed by atoms with E-state index >= 15 is 0 Å². The van der Waals surface area contributed by atoms with Gasteiger partial charge >= 0.3 is 5.97 Å². The highest BCUT2D eigenvalue weighted by Gasteiger charge is 2.19. The van der Waals surface area contributed by atoms with Crippen LogP contribution in [0.5, 0.6) is 5.75 Å². The predicted molar refractivity (Wildman–Crippen MR) is 76.0 cm³/mol. The second kappa shape index (κ2) is 7.13. The van der Waals surface area contributed by atoms with E-state index in [-0.39, 0.29) is 0 Å². The lowest BCUT2D eigenvalue weighted by Crippen LogP contribution is -2.30. The molecular weight excluding hydrogens is 296 g/mol. The number of esters is 1. The Bertz CT molecular complexity index is 592. The maximum absolute atomic E-state index is 12.2. The van der Waals surface area contributed by atoms with E-state index in [1.54, 1.807) is 25.1 Å². The van der Waals surface area contributed by atoms with Crippen molar-refractivity contribution in [2.45, 2.75) is 26.9 Å². The molecule has 0 bridgehead atoms. The van der Waals surface area contributed by atoms with E-state index in [1.807, 2.05) is 0 Å². The SMILES string of the molecule is COC(=O)C(C(C)=O)=C([O-])C(C)Oc1ccc(Cl)cc1C. The van der Waals surface area contributed by atoms with Gasteiger partial charge in [0.15, 0.2) is 5.78 Å². The largest absolute Gasteiger partial charge is 0.872 e. The summed E-state index contributed by atoms with van der Waals surface area (Å²) in [4.78, 5) is 22.9. The van der Waals surface area contributed by atoms with E-state index in [2.05, 4.69) is 4.74 Å². The summed E-state index contributed by atoms with van der Waals surface area (Å²) in [6.45, 7) is 4.36. The molecule has 0 fully saturated rings. The van der Waals surface area contributed by atoms with Gasteiger partial charge in [-0.05, 0) is 44.5 Å². The van der Waals surface area contributed by atoms with Crippen molar-refractivity contribution >= 4 is 23.4 Å². The first-order valence-corrected chi connectivity index (χ1v) is 6.59. The zero-order valence-corrected chi connectivity index (χ0v) is 13.0. The summed E-state index contributed by atoms with van der Waals surface area (Å²) in [5.41, 5.74) is 0.209. The molecule has 21 heavy (non-hydrogen) atoms. The van der Waals surface area contributed by atoms with Crippen molar-refractivity contribution in [3.05, 3.63) is 40.1 Å². The Labute approximate surface area is 128 Å². The Morgan fingerprint density at radius 1 is 1.33 bits per heavy atom. The lowest BCUT2D eigenvalue weighted by atomic mass is 10.1. The standard InChI is InChI=1S/C15H17ClO5/c1-8-7-11(16)5-6-12(8)21-10(3)14(18)13(9(2)17)15(19)20-4/h5-7,10,18H,1-4H3/p-1. The number of hydrogen-bond acceptors (Lipinski definition) is 5. The minimum Gasteiger partial charge on any atom is -0.872 e. The zero-order valence-electron chi connectivity index (χ0n) is 12.2. The van der Waals surface area contributed by atoms with Gasteiger partial charge in [-0.1, -0.05) is 17.4 Å². The molecule has 0 aliphatic heterocycles. The molecule has 1 atom stereocenters. The second-order valence-electron chi connectivity index (χ2n) is 4.46. The average molecular weight is 312 g/mol. The summed E-state index contributed by atoms with van der Waals surface area (Å²) >= 11 is 5.84. The van der Waals surface area contributed by atoms with Gasteiger partial charge in [-0.3, -0.25) is 4.79 Å². The van der Waals surface area contributed by atoms with Gasteiger partial charge in [-0.15, -0.1) is 0 Å². The number of aryl methyl sites for hydroxylation is 1. The van der Waals surface area contributed by atoms with Gasteiger partial charge < -0.3 is 14.6 Å². The van der Waals surface area contributed by atoms with Gasteiger partial charge in [0.05, 0.1) is 12.7 Å². The molecule has 1 rings (SSSR count). The highest BCUT2D eigenvalue weighted by Crippen LogP contribution is 2.24. The van der Waals surface area contributed by atoms with Gasteiger partial charge in [-0.2, -0.15) is 0 Å². The predicted octanol–water partition coefficient (Wildman–Crippen LogP) is 1.79. The number of methoxy groups -OCH3 is 1. The third-order valence-electron chi connectivity index (χ3n) is 2.80. The van der Waals surface area contributed by atoms with Crippen molar-refractivity contribution in [1.82, 2.24) is 0 Å². The van der Waals surface area contributed by atoms with Gasteiger partial charge in [0.25, 0.3) is 0 Å². The Kier molecular flexibility index (Phi) is 5.79. The molecule has 0 aliphatic rings. The summed E-state index contributed by atoms with van der Waals surface area (Å²) in [6, 6.07) is 4.92. The van der Waals surface area contributed by atoms with Crippen LogP contribution < -0.4 is 9.84 Å². The lowest BCUT2D eigenvalue weighted by Gasteiger charge is -2.25. The first kappa shape index (κ1) is 17.0. The highest BCUT2D eigenvalue weighted by molar-refractivity contribution is 6.30. The van der Waals surface area contributed by atoms with Crippen LogP contribution in [-0.2, 0) is 14.3 Å². The molecule has 1 unspecified atom stereocenters. The molecular formula is C15H16ClO5-. The fraction of sp³-hybridized carbons (Fsp3) is 0.333. The Hall–Kier alpha value is -2.01. The maximum atomic E-state index is 12.2. The number of Topliss-reactive ketones (excluding diaryl/α,β-unsaturated/α-hetero) is 1. The van der Waals surface area contributed by atoms with Gasteiger partial charge in [-0.25, -0.2) is 4.79 Å². The number of ether oxygens (including phenoxy) is 2. The molecule has 0 saturated carbocycles. The molecule has 1 aromatic carbocycles. The number of benzene rings is 1. The fourth-order valence-corrected chi connectivity index (χ4v) is 1.94. The van der Waals surface area contributed by atoms with Crippen molar-refractivity contribution in [2.75, 3.05) is 7.11 Å². The molecule has 6 heteroatoms. The number of ketones is 1. The quantitative estimate of drug-likeness (QED) is 0.272. The van der Waals surface area contributed by atoms with E-state index in [0.717, 1.165) is 19.6 Å². The topological polar surface area (TPSA) is 75.7 Å². The van der Waals surface area contributed by atoms with Gasteiger partial charge in [0.2, 0.25) is 0 Å². The summed E-state index contributed by atoms with van der Waals surface area (Å²) in [7, 11) is 1.10. The van der Waals surface area contributed by atoms with Crippen LogP contribution in [0.4, 0.5) is 0 Å². The van der Waals surface area contributed by atoms with E-state index in [9.17, 15) is 14.7 Å².